The lowest BCUT2D eigenvalue weighted by molar-refractivity contribution is -0.137. The summed E-state index contributed by atoms with van der Waals surface area (Å²) in [7, 11) is 0. The van der Waals surface area contributed by atoms with Crippen molar-refractivity contribution in [3.8, 4) is 0 Å². The van der Waals surface area contributed by atoms with Crippen LogP contribution in [0.5, 0.6) is 0 Å². The van der Waals surface area contributed by atoms with Crippen LogP contribution in [0.1, 0.15) is 6.42 Å². The highest BCUT2D eigenvalue weighted by Gasteiger charge is 2.17. The molecule has 0 aliphatic carbocycles. The van der Waals surface area contributed by atoms with Crippen molar-refractivity contribution in [2.75, 3.05) is 17.3 Å². The first-order chi connectivity index (χ1) is 7.65. The summed E-state index contributed by atoms with van der Waals surface area (Å²) < 4.78 is 0.880. The molecule has 88 valence electrons. The number of carboxylic acid groups (broad SMARTS) is 1. The summed E-state index contributed by atoms with van der Waals surface area (Å²) in [6, 6.07) is 6.98. The molecule has 3 nitrogen and oxygen atoms in total. The maximum Gasteiger partial charge on any atom is 0.326 e. The molecule has 16 heavy (non-hydrogen) atoms. The third-order valence-electron chi connectivity index (χ3n) is 2.11. The predicted molar refractivity (Wildman–Crippen MR) is 72.2 cm³/mol. The highest BCUT2D eigenvalue weighted by atomic mass is 79.9. The van der Waals surface area contributed by atoms with E-state index >= 15 is 0 Å². The molecule has 0 aromatic heterocycles. The molecule has 0 spiro atoms. The van der Waals surface area contributed by atoms with Gasteiger partial charge in [-0.2, -0.15) is 11.8 Å². The maximum atomic E-state index is 11.0. The van der Waals surface area contributed by atoms with E-state index in [-0.39, 0.29) is 0 Å². The third kappa shape index (κ3) is 4.06. The summed E-state index contributed by atoms with van der Waals surface area (Å²) in [6.07, 6.45) is 2.58. The number of nitrogens with one attached hydrogen (secondary N) is 1. The Morgan fingerprint density at radius 2 is 2.25 bits per heavy atom. The minimum Gasteiger partial charge on any atom is -0.480 e. The van der Waals surface area contributed by atoms with E-state index in [1.165, 1.54) is 0 Å². The molecular formula is C11H14BrNO2S. The number of para-hydroxylation sites is 1. The normalized spacial score (nSPS) is 12.1. The van der Waals surface area contributed by atoms with Crippen LogP contribution < -0.4 is 5.32 Å². The first-order valence-corrected chi connectivity index (χ1v) is 7.06. The maximum absolute atomic E-state index is 11.0. The van der Waals surface area contributed by atoms with Gasteiger partial charge in [0.2, 0.25) is 0 Å². The number of hydrogen-bond acceptors (Lipinski definition) is 3. The Bertz CT molecular complexity index is 360. The molecule has 0 aliphatic rings. The van der Waals surface area contributed by atoms with Crippen molar-refractivity contribution in [2.24, 2.45) is 0 Å². The molecule has 1 aromatic carbocycles. The highest BCUT2D eigenvalue weighted by molar-refractivity contribution is 9.10. The Kier molecular flexibility index (Phi) is 5.69. The SMILES string of the molecule is CSCCC(Nc1ccccc1Br)C(=O)O. The minimum absolute atomic E-state index is 0.536. The van der Waals surface area contributed by atoms with Crippen molar-refractivity contribution >= 4 is 39.3 Å². The van der Waals surface area contributed by atoms with Crippen LogP contribution >= 0.6 is 27.7 Å². The summed E-state index contributed by atoms with van der Waals surface area (Å²) >= 11 is 5.03. The van der Waals surface area contributed by atoms with Crippen molar-refractivity contribution in [1.82, 2.24) is 0 Å². The van der Waals surface area contributed by atoms with E-state index in [2.05, 4.69) is 21.2 Å². The van der Waals surface area contributed by atoms with Crippen LogP contribution in [0.15, 0.2) is 28.7 Å². The van der Waals surface area contributed by atoms with Gasteiger partial charge in [0, 0.05) is 10.2 Å². The summed E-state index contributed by atoms with van der Waals surface area (Å²) in [5.41, 5.74) is 0.816. The van der Waals surface area contributed by atoms with Gasteiger partial charge in [0.1, 0.15) is 6.04 Å². The average Bonchev–Trinajstić information content (AvgIpc) is 2.26. The first-order valence-electron chi connectivity index (χ1n) is 4.88. The van der Waals surface area contributed by atoms with Gasteiger partial charge >= 0.3 is 5.97 Å². The minimum atomic E-state index is -0.815. The van der Waals surface area contributed by atoms with E-state index in [1.807, 2.05) is 30.5 Å². The van der Waals surface area contributed by atoms with E-state index in [0.717, 1.165) is 15.9 Å². The zero-order valence-corrected chi connectivity index (χ0v) is 11.3. The van der Waals surface area contributed by atoms with Crippen molar-refractivity contribution in [3.05, 3.63) is 28.7 Å². The van der Waals surface area contributed by atoms with Gasteiger partial charge in [-0.15, -0.1) is 0 Å². The van der Waals surface area contributed by atoms with Crippen molar-refractivity contribution < 1.29 is 9.90 Å². The topological polar surface area (TPSA) is 49.3 Å². The van der Waals surface area contributed by atoms with Gasteiger partial charge in [0.25, 0.3) is 0 Å². The van der Waals surface area contributed by atoms with E-state index in [0.29, 0.717) is 6.42 Å². The summed E-state index contributed by atoms with van der Waals surface area (Å²) in [5, 5.41) is 12.1. The smallest absolute Gasteiger partial charge is 0.326 e. The zero-order valence-electron chi connectivity index (χ0n) is 8.94. The molecular weight excluding hydrogens is 290 g/mol. The number of benzene rings is 1. The fourth-order valence-electron chi connectivity index (χ4n) is 1.26. The van der Waals surface area contributed by atoms with Gasteiger partial charge in [-0.25, -0.2) is 4.79 Å². The van der Waals surface area contributed by atoms with Crippen LogP contribution in [0.25, 0.3) is 0 Å². The molecule has 1 aromatic rings. The van der Waals surface area contributed by atoms with Crippen LogP contribution in [-0.2, 0) is 4.79 Å². The van der Waals surface area contributed by atoms with Crippen molar-refractivity contribution in [1.29, 1.82) is 0 Å². The average molecular weight is 304 g/mol. The number of aliphatic carboxylic acids is 1. The third-order valence-corrected chi connectivity index (χ3v) is 3.45. The molecule has 2 N–H and O–H groups in total. The van der Waals surface area contributed by atoms with E-state index in [4.69, 9.17) is 5.11 Å². The lowest BCUT2D eigenvalue weighted by Crippen LogP contribution is -2.29. The Labute approximate surface area is 108 Å². The van der Waals surface area contributed by atoms with Gasteiger partial charge in [0.15, 0.2) is 0 Å². The molecule has 5 heteroatoms. The molecule has 0 amide bonds. The Hall–Kier alpha value is -0.680. The van der Waals surface area contributed by atoms with Gasteiger partial charge < -0.3 is 10.4 Å². The lowest BCUT2D eigenvalue weighted by atomic mass is 10.2. The number of carbonyl (C=O) groups is 1. The first kappa shape index (κ1) is 13.4. The fraction of sp³-hybridized carbons (Fsp3) is 0.364. The molecule has 1 unspecified atom stereocenters. The van der Waals surface area contributed by atoms with Crippen LogP contribution in [0.3, 0.4) is 0 Å². The highest BCUT2D eigenvalue weighted by Crippen LogP contribution is 2.22. The summed E-state index contributed by atoms with van der Waals surface area (Å²) in [5.74, 6) is 0.0128. The Morgan fingerprint density at radius 1 is 1.56 bits per heavy atom. The number of thioether (sulfide) groups is 1. The lowest BCUT2D eigenvalue weighted by Gasteiger charge is -2.16. The van der Waals surface area contributed by atoms with E-state index < -0.39 is 12.0 Å². The summed E-state index contributed by atoms with van der Waals surface area (Å²) in [4.78, 5) is 11.0. The molecule has 0 saturated heterocycles. The second-order valence-corrected chi connectivity index (χ2v) is 5.14. The van der Waals surface area contributed by atoms with E-state index in [9.17, 15) is 4.79 Å². The monoisotopic (exact) mass is 303 g/mol. The Balaban J connectivity index is 2.68. The second-order valence-electron chi connectivity index (χ2n) is 3.30. The van der Waals surface area contributed by atoms with Crippen LogP contribution in [-0.4, -0.2) is 29.1 Å². The number of carboxylic acids is 1. The van der Waals surface area contributed by atoms with Gasteiger partial charge in [0.05, 0.1) is 0 Å². The van der Waals surface area contributed by atoms with Gasteiger partial charge in [-0.3, -0.25) is 0 Å². The van der Waals surface area contributed by atoms with E-state index in [1.54, 1.807) is 11.8 Å². The van der Waals surface area contributed by atoms with Gasteiger partial charge in [-0.1, -0.05) is 12.1 Å². The zero-order chi connectivity index (χ0) is 12.0. The number of hydrogen-bond donors (Lipinski definition) is 2. The molecule has 1 atom stereocenters. The number of halogens is 1. The molecule has 0 heterocycles. The largest absolute Gasteiger partial charge is 0.480 e. The molecule has 0 bridgehead atoms. The molecule has 0 fully saturated rings. The van der Waals surface area contributed by atoms with Crippen molar-refractivity contribution in [3.63, 3.8) is 0 Å². The van der Waals surface area contributed by atoms with Crippen LogP contribution in [0, 0.1) is 0 Å². The van der Waals surface area contributed by atoms with Crippen LogP contribution in [0.4, 0.5) is 5.69 Å². The Morgan fingerprint density at radius 3 is 2.81 bits per heavy atom. The standard InChI is InChI=1S/C11H14BrNO2S/c1-16-7-6-10(11(14)15)13-9-5-3-2-4-8(9)12/h2-5,10,13H,6-7H2,1H3,(H,14,15). The quantitative estimate of drug-likeness (QED) is 0.848. The molecule has 0 saturated carbocycles. The number of rotatable bonds is 6. The van der Waals surface area contributed by atoms with Crippen molar-refractivity contribution in [2.45, 2.75) is 12.5 Å². The fourth-order valence-corrected chi connectivity index (χ4v) is 2.13. The van der Waals surface area contributed by atoms with Crippen LogP contribution in [0.2, 0.25) is 0 Å². The number of anilines is 1. The summed E-state index contributed by atoms with van der Waals surface area (Å²) in [6.45, 7) is 0. The van der Waals surface area contributed by atoms with Gasteiger partial charge in [-0.05, 0) is 46.5 Å². The molecule has 0 radical (unpaired) electrons. The second kappa shape index (κ2) is 6.81. The predicted octanol–water partition coefficient (Wildman–Crippen LogP) is 3.07. The molecule has 1 rings (SSSR count). The molecule has 0 aliphatic heterocycles.